The summed E-state index contributed by atoms with van der Waals surface area (Å²) in [4.78, 5) is 12.4. The third-order valence-electron chi connectivity index (χ3n) is 4.49. The fraction of sp³-hybridized carbons (Fsp3) is 0.200. The molecule has 3 aromatic rings. The number of aryl methyl sites for hydroxylation is 1. The van der Waals surface area contributed by atoms with Gasteiger partial charge in [-0.05, 0) is 56.3 Å². The van der Waals surface area contributed by atoms with Crippen LogP contribution in [0.2, 0.25) is 0 Å². The average molecular weight is 419 g/mol. The number of rotatable bonds is 5. The first kappa shape index (κ1) is 20.7. The molecule has 0 fully saturated rings. The van der Waals surface area contributed by atoms with E-state index < -0.39 is 21.6 Å². The molecule has 0 radical (unpaired) electrons. The third kappa shape index (κ3) is 4.51. The highest BCUT2D eigenvalue weighted by Crippen LogP contribution is 2.22. The molecule has 0 atom stereocenters. The Bertz CT molecular complexity index is 1190. The molecule has 1 amide bonds. The number of carbonyl (C=O) groups is 1. The quantitative estimate of drug-likeness (QED) is 0.643. The third-order valence-corrected chi connectivity index (χ3v) is 5.60. The van der Waals surface area contributed by atoms with E-state index in [1.807, 2.05) is 0 Å². The standard InChI is InChI=1S/C20H19F2N3O3S/c1-12-17(13(2)25(24-12)15-6-4-14(21)5-7-15)11-20(26)23-19-10-16(29(3,27)28)8-9-18(19)22/h4-10H,11H2,1-3H3,(H,23,26). The Labute approximate surface area is 167 Å². The molecule has 1 heterocycles. The number of nitrogens with zero attached hydrogens (tertiary/aromatic N) is 2. The highest BCUT2D eigenvalue weighted by Gasteiger charge is 2.18. The van der Waals surface area contributed by atoms with Gasteiger partial charge in [0.05, 0.1) is 28.4 Å². The van der Waals surface area contributed by atoms with Crippen molar-refractivity contribution < 1.29 is 22.0 Å². The zero-order valence-electron chi connectivity index (χ0n) is 16.0. The summed E-state index contributed by atoms with van der Waals surface area (Å²) in [6.07, 6.45) is 0.920. The summed E-state index contributed by atoms with van der Waals surface area (Å²) in [6, 6.07) is 9.00. The Morgan fingerprint density at radius 3 is 2.38 bits per heavy atom. The molecule has 0 unspecified atom stereocenters. The second-order valence-electron chi connectivity index (χ2n) is 6.68. The minimum Gasteiger partial charge on any atom is -0.323 e. The smallest absolute Gasteiger partial charge is 0.229 e. The Morgan fingerprint density at radius 2 is 1.76 bits per heavy atom. The summed E-state index contributed by atoms with van der Waals surface area (Å²) in [6.45, 7) is 3.51. The van der Waals surface area contributed by atoms with Crippen LogP contribution in [0, 0.1) is 25.5 Å². The van der Waals surface area contributed by atoms with Crippen LogP contribution in [0.25, 0.3) is 5.69 Å². The molecule has 9 heteroatoms. The summed E-state index contributed by atoms with van der Waals surface area (Å²) < 4.78 is 52.1. The van der Waals surface area contributed by atoms with Crippen LogP contribution in [-0.4, -0.2) is 30.4 Å². The van der Waals surface area contributed by atoms with Gasteiger partial charge in [0.25, 0.3) is 0 Å². The predicted molar refractivity (Wildman–Crippen MR) is 105 cm³/mol. The summed E-state index contributed by atoms with van der Waals surface area (Å²) in [7, 11) is -3.54. The molecule has 0 aliphatic carbocycles. The Balaban J connectivity index is 1.84. The van der Waals surface area contributed by atoms with Crippen LogP contribution in [0.5, 0.6) is 0 Å². The lowest BCUT2D eigenvalue weighted by atomic mass is 10.1. The van der Waals surface area contributed by atoms with Crippen molar-refractivity contribution in [2.45, 2.75) is 25.2 Å². The molecule has 1 N–H and O–H groups in total. The van der Waals surface area contributed by atoms with Crippen LogP contribution in [0.4, 0.5) is 14.5 Å². The van der Waals surface area contributed by atoms with E-state index in [0.29, 0.717) is 22.6 Å². The van der Waals surface area contributed by atoms with E-state index in [4.69, 9.17) is 0 Å². The summed E-state index contributed by atoms with van der Waals surface area (Å²) in [5.41, 5.74) is 2.37. The van der Waals surface area contributed by atoms with Crippen molar-refractivity contribution in [1.82, 2.24) is 9.78 Å². The maximum absolute atomic E-state index is 14.0. The number of hydrogen-bond donors (Lipinski definition) is 1. The number of benzene rings is 2. The molecular formula is C20H19F2N3O3S. The van der Waals surface area contributed by atoms with Gasteiger partial charge in [-0.3, -0.25) is 4.79 Å². The molecule has 0 bridgehead atoms. The van der Waals surface area contributed by atoms with Gasteiger partial charge in [0.2, 0.25) is 5.91 Å². The molecule has 3 rings (SSSR count). The molecule has 152 valence electrons. The zero-order chi connectivity index (χ0) is 21.3. The van der Waals surface area contributed by atoms with E-state index in [-0.39, 0.29) is 22.8 Å². The molecule has 1 aromatic heterocycles. The van der Waals surface area contributed by atoms with Gasteiger partial charge < -0.3 is 5.32 Å². The fourth-order valence-corrected chi connectivity index (χ4v) is 3.60. The van der Waals surface area contributed by atoms with Gasteiger partial charge in [-0.25, -0.2) is 21.9 Å². The first-order valence-electron chi connectivity index (χ1n) is 8.67. The van der Waals surface area contributed by atoms with Gasteiger partial charge >= 0.3 is 0 Å². The predicted octanol–water partition coefficient (Wildman–Crippen LogP) is 3.35. The van der Waals surface area contributed by atoms with Crippen LogP contribution in [0.15, 0.2) is 47.4 Å². The van der Waals surface area contributed by atoms with Crippen molar-refractivity contribution in [3.05, 3.63) is 71.1 Å². The minimum atomic E-state index is -3.54. The summed E-state index contributed by atoms with van der Waals surface area (Å²) >= 11 is 0. The minimum absolute atomic E-state index is 0.0819. The van der Waals surface area contributed by atoms with E-state index in [9.17, 15) is 22.0 Å². The Hall–Kier alpha value is -3.07. The van der Waals surface area contributed by atoms with Crippen molar-refractivity contribution in [3.8, 4) is 5.69 Å². The van der Waals surface area contributed by atoms with Crippen molar-refractivity contribution >= 4 is 21.4 Å². The molecule has 6 nitrogen and oxygen atoms in total. The normalized spacial score (nSPS) is 11.5. The first-order valence-corrected chi connectivity index (χ1v) is 10.6. The van der Waals surface area contributed by atoms with Crippen LogP contribution in [-0.2, 0) is 21.1 Å². The van der Waals surface area contributed by atoms with Gasteiger partial charge in [0.1, 0.15) is 11.6 Å². The molecule has 0 aliphatic heterocycles. The van der Waals surface area contributed by atoms with Crippen molar-refractivity contribution in [2.75, 3.05) is 11.6 Å². The maximum atomic E-state index is 14.0. The summed E-state index contributed by atoms with van der Waals surface area (Å²) in [5, 5.41) is 6.81. The summed E-state index contributed by atoms with van der Waals surface area (Å²) in [5.74, 6) is -1.62. The molecule has 2 aromatic carbocycles. The molecule has 0 spiro atoms. The molecule has 0 saturated heterocycles. The number of halogens is 2. The van der Waals surface area contributed by atoms with Gasteiger partial charge in [-0.1, -0.05) is 0 Å². The zero-order valence-corrected chi connectivity index (χ0v) is 16.8. The van der Waals surface area contributed by atoms with Gasteiger partial charge in [0.15, 0.2) is 9.84 Å². The number of carbonyl (C=O) groups excluding carboxylic acids is 1. The lowest BCUT2D eigenvalue weighted by Crippen LogP contribution is -2.16. The highest BCUT2D eigenvalue weighted by atomic mass is 32.2. The van der Waals surface area contributed by atoms with Crippen molar-refractivity contribution in [3.63, 3.8) is 0 Å². The van der Waals surface area contributed by atoms with Crippen LogP contribution in [0.3, 0.4) is 0 Å². The maximum Gasteiger partial charge on any atom is 0.229 e. The molecule has 0 aliphatic rings. The van der Waals surface area contributed by atoms with E-state index in [0.717, 1.165) is 24.5 Å². The second kappa shape index (κ2) is 7.75. The van der Waals surface area contributed by atoms with Gasteiger partial charge in [0, 0.05) is 17.5 Å². The van der Waals surface area contributed by atoms with Crippen molar-refractivity contribution in [1.29, 1.82) is 0 Å². The average Bonchev–Trinajstić information content (AvgIpc) is 2.91. The first-order chi connectivity index (χ1) is 13.6. The number of nitrogens with one attached hydrogen (secondary N) is 1. The van der Waals surface area contributed by atoms with Crippen molar-refractivity contribution in [2.24, 2.45) is 0 Å². The largest absolute Gasteiger partial charge is 0.323 e. The van der Waals surface area contributed by atoms with Crippen LogP contribution < -0.4 is 5.32 Å². The van der Waals surface area contributed by atoms with Gasteiger partial charge in [-0.15, -0.1) is 0 Å². The molecule has 29 heavy (non-hydrogen) atoms. The topological polar surface area (TPSA) is 81.1 Å². The van der Waals surface area contributed by atoms with Gasteiger partial charge in [-0.2, -0.15) is 5.10 Å². The molecule has 0 saturated carbocycles. The van der Waals surface area contributed by atoms with Crippen LogP contribution >= 0.6 is 0 Å². The number of aromatic nitrogens is 2. The Morgan fingerprint density at radius 1 is 1.10 bits per heavy atom. The fourth-order valence-electron chi connectivity index (χ4n) is 2.95. The molecular weight excluding hydrogens is 400 g/mol. The number of amides is 1. The lowest BCUT2D eigenvalue weighted by molar-refractivity contribution is -0.115. The monoisotopic (exact) mass is 419 g/mol. The van der Waals surface area contributed by atoms with E-state index in [2.05, 4.69) is 10.4 Å². The van der Waals surface area contributed by atoms with E-state index >= 15 is 0 Å². The highest BCUT2D eigenvalue weighted by molar-refractivity contribution is 7.90. The number of sulfone groups is 1. The number of hydrogen-bond acceptors (Lipinski definition) is 4. The second-order valence-corrected chi connectivity index (χ2v) is 8.69. The van der Waals surface area contributed by atoms with E-state index in [1.54, 1.807) is 30.7 Å². The SMILES string of the molecule is Cc1nn(-c2ccc(F)cc2)c(C)c1CC(=O)Nc1cc(S(C)(=O)=O)ccc1F. The Kier molecular flexibility index (Phi) is 5.52. The lowest BCUT2D eigenvalue weighted by Gasteiger charge is -2.09. The van der Waals surface area contributed by atoms with Crippen LogP contribution in [0.1, 0.15) is 17.0 Å². The van der Waals surface area contributed by atoms with E-state index in [1.165, 1.54) is 12.1 Å². The number of anilines is 1.